The molecule has 16 heavy (non-hydrogen) atoms. The summed E-state index contributed by atoms with van der Waals surface area (Å²) in [5.74, 6) is 0. The van der Waals surface area contributed by atoms with Crippen molar-refractivity contribution in [3.8, 4) is 0 Å². The molecule has 2 heterocycles. The number of thiazole rings is 2. The predicted octanol–water partition coefficient (Wildman–Crippen LogP) is 3.01. The highest BCUT2D eigenvalue weighted by Crippen LogP contribution is 2.16. The molecule has 0 aromatic carbocycles. The first kappa shape index (κ1) is 11.7. The van der Waals surface area contributed by atoms with Gasteiger partial charge in [-0.2, -0.15) is 0 Å². The van der Waals surface area contributed by atoms with E-state index in [2.05, 4.69) is 34.5 Å². The van der Waals surface area contributed by atoms with Gasteiger partial charge in [0.25, 0.3) is 0 Å². The molecule has 0 aliphatic rings. The Morgan fingerprint density at radius 2 is 2.31 bits per heavy atom. The molecule has 2 aromatic rings. The molecular weight excluding hydrogens is 238 g/mol. The van der Waals surface area contributed by atoms with Crippen LogP contribution in [-0.2, 0) is 13.0 Å². The lowest BCUT2D eigenvalue weighted by Crippen LogP contribution is -2.18. The van der Waals surface area contributed by atoms with Crippen LogP contribution in [0.1, 0.15) is 35.5 Å². The van der Waals surface area contributed by atoms with E-state index in [4.69, 9.17) is 0 Å². The molecule has 0 radical (unpaired) electrons. The Balaban J connectivity index is 1.87. The van der Waals surface area contributed by atoms with E-state index in [1.165, 1.54) is 4.88 Å². The third-order valence-corrected chi connectivity index (χ3v) is 4.15. The Morgan fingerprint density at radius 3 is 2.94 bits per heavy atom. The molecule has 0 spiro atoms. The molecule has 0 aliphatic heterocycles. The summed E-state index contributed by atoms with van der Waals surface area (Å²) in [6.45, 7) is 5.11. The monoisotopic (exact) mass is 253 g/mol. The van der Waals surface area contributed by atoms with Crippen molar-refractivity contribution in [3.63, 3.8) is 0 Å². The maximum Gasteiger partial charge on any atom is 0.107 e. The van der Waals surface area contributed by atoms with E-state index in [9.17, 15) is 0 Å². The van der Waals surface area contributed by atoms with Crippen LogP contribution in [0.2, 0.25) is 0 Å². The van der Waals surface area contributed by atoms with Crippen LogP contribution in [0.3, 0.4) is 0 Å². The highest BCUT2D eigenvalue weighted by molar-refractivity contribution is 7.11. The summed E-state index contributed by atoms with van der Waals surface area (Å²) < 4.78 is 0. The number of aryl methyl sites for hydroxylation is 1. The molecule has 0 bridgehead atoms. The molecule has 1 unspecified atom stereocenters. The normalized spacial score (nSPS) is 12.9. The van der Waals surface area contributed by atoms with Crippen LogP contribution in [0, 0.1) is 0 Å². The lowest BCUT2D eigenvalue weighted by Gasteiger charge is -2.09. The number of nitrogens with one attached hydrogen (secondary N) is 1. The Morgan fingerprint density at radius 1 is 1.44 bits per heavy atom. The second-order valence-electron chi connectivity index (χ2n) is 3.59. The van der Waals surface area contributed by atoms with E-state index in [0.29, 0.717) is 6.04 Å². The number of nitrogens with zero attached hydrogens (tertiary/aromatic N) is 2. The topological polar surface area (TPSA) is 37.8 Å². The summed E-state index contributed by atoms with van der Waals surface area (Å²) in [6, 6.07) is 0.292. The summed E-state index contributed by atoms with van der Waals surface area (Å²) in [6.07, 6.45) is 3.04. The number of hydrogen-bond acceptors (Lipinski definition) is 5. The van der Waals surface area contributed by atoms with Gasteiger partial charge in [-0.3, -0.25) is 0 Å². The van der Waals surface area contributed by atoms with Gasteiger partial charge in [0.15, 0.2) is 0 Å². The van der Waals surface area contributed by atoms with Gasteiger partial charge in [0.05, 0.1) is 11.2 Å². The minimum Gasteiger partial charge on any atom is -0.302 e. The Labute approximate surface area is 104 Å². The molecule has 0 fully saturated rings. The highest BCUT2D eigenvalue weighted by atomic mass is 32.1. The SMILES string of the molecule is CCc1cnc(CNC(C)c2cscn2)s1. The van der Waals surface area contributed by atoms with E-state index in [-0.39, 0.29) is 0 Å². The van der Waals surface area contributed by atoms with Crippen LogP contribution in [-0.4, -0.2) is 9.97 Å². The summed E-state index contributed by atoms with van der Waals surface area (Å²) in [5.41, 5.74) is 2.98. The zero-order valence-corrected chi connectivity index (χ0v) is 11.1. The van der Waals surface area contributed by atoms with Crippen molar-refractivity contribution in [3.05, 3.63) is 32.7 Å². The second-order valence-corrected chi connectivity index (χ2v) is 5.51. The van der Waals surface area contributed by atoms with Gasteiger partial charge in [-0.25, -0.2) is 9.97 Å². The first-order valence-corrected chi connectivity index (χ1v) is 7.10. The molecule has 0 amide bonds. The first-order valence-electron chi connectivity index (χ1n) is 5.34. The van der Waals surface area contributed by atoms with Crippen molar-refractivity contribution in [1.29, 1.82) is 0 Å². The molecule has 3 nitrogen and oxygen atoms in total. The summed E-state index contributed by atoms with van der Waals surface area (Å²) >= 11 is 3.41. The van der Waals surface area contributed by atoms with Crippen molar-refractivity contribution < 1.29 is 0 Å². The Bertz CT molecular complexity index is 422. The molecule has 2 aromatic heterocycles. The zero-order chi connectivity index (χ0) is 11.4. The smallest absolute Gasteiger partial charge is 0.107 e. The van der Waals surface area contributed by atoms with Gasteiger partial charge in [0.1, 0.15) is 5.01 Å². The molecule has 1 N–H and O–H groups in total. The van der Waals surface area contributed by atoms with Crippen LogP contribution in [0.5, 0.6) is 0 Å². The number of hydrogen-bond donors (Lipinski definition) is 1. The minimum atomic E-state index is 0.292. The van der Waals surface area contributed by atoms with Gasteiger partial charge < -0.3 is 5.32 Å². The quantitative estimate of drug-likeness (QED) is 0.890. The fourth-order valence-electron chi connectivity index (χ4n) is 1.37. The molecule has 0 saturated heterocycles. The van der Waals surface area contributed by atoms with Crippen molar-refractivity contribution in [2.45, 2.75) is 32.9 Å². The van der Waals surface area contributed by atoms with Crippen LogP contribution >= 0.6 is 22.7 Å². The predicted molar refractivity (Wildman–Crippen MR) is 68.9 cm³/mol. The Hall–Kier alpha value is -0.780. The zero-order valence-electron chi connectivity index (χ0n) is 9.43. The maximum absolute atomic E-state index is 4.38. The van der Waals surface area contributed by atoms with Crippen LogP contribution < -0.4 is 5.32 Å². The van der Waals surface area contributed by atoms with Crippen molar-refractivity contribution >= 4 is 22.7 Å². The first-order chi connectivity index (χ1) is 7.79. The largest absolute Gasteiger partial charge is 0.302 e. The molecule has 0 saturated carbocycles. The average Bonchev–Trinajstić information content (AvgIpc) is 2.96. The third-order valence-electron chi connectivity index (χ3n) is 2.40. The van der Waals surface area contributed by atoms with Crippen molar-refractivity contribution in [2.75, 3.05) is 0 Å². The minimum absolute atomic E-state index is 0.292. The lowest BCUT2D eigenvalue weighted by molar-refractivity contribution is 0.563. The van der Waals surface area contributed by atoms with Crippen molar-refractivity contribution in [2.24, 2.45) is 0 Å². The third kappa shape index (κ3) is 2.87. The van der Waals surface area contributed by atoms with Crippen LogP contribution in [0.15, 0.2) is 17.1 Å². The van der Waals surface area contributed by atoms with Gasteiger partial charge >= 0.3 is 0 Å². The van der Waals surface area contributed by atoms with Crippen molar-refractivity contribution in [1.82, 2.24) is 15.3 Å². The van der Waals surface area contributed by atoms with E-state index < -0.39 is 0 Å². The van der Waals surface area contributed by atoms with E-state index >= 15 is 0 Å². The fraction of sp³-hybridized carbons (Fsp3) is 0.455. The molecular formula is C11H15N3S2. The van der Waals surface area contributed by atoms with Gasteiger partial charge in [-0.05, 0) is 13.3 Å². The standard InChI is InChI=1S/C11H15N3S2/c1-3-9-4-13-11(16-9)5-12-8(2)10-6-15-7-14-10/h4,6-8,12H,3,5H2,1-2H3. The van der Waals surface area contributed by atoms with Gasteiger partial charge in [-0.1, -0.05) is 6.92 Å². The van der Waals surface area contributed by atoms with Gasteiger partial charge in [-0.15, -0.1) is 22.7 Å². The highest BCUT2D eigenvalue weighted by Gasteiger charge is 2.07. The molecule has 86 valence electrons. The summed E-state index contributed by atoms with van der Waals surface area (Å²) in [4.78, 5) is 10.0. The summed E-state index contributed by atoms with van der Waals surface area (Å²) in [5, 5.41) is 6.66. The number of rotatable bonds is 5. The molecule has 2 rings (SSSR count). The van der Waals surface area contributed by atoms with Crippen LogP contribution in [0.4, 0.5) is 0 Å². The lowest BCUT2D eigenvalue weighted by atomic mass is 10.2. The summed E-state index contributed by atoms with van der Waals surface area (Å²) in [7, 11) is 0. The van der Waals surface area contributed by atoms with Crippen LogP contribution in [0.25, 0.3) is 0 Å². The average molecular weight is 253 g/mol. The molecule has 1 atom stereocenters. The van der Waals surface area contributed by atoms with E-state index in [1.54, 1.807) is 22.7 Å². The number of aromatic nitrogens is 2. The van der Waals surface area contributed by atoms with Gasteiger partial charge in [0.2, 0.25) is 0 Å². The van der Waals surface area contributed by atoms with E-state index in [0.717, 1.165) is 23.7 Å². The van der Waals surface area contributed by atoms with Gasteiger partial charge in [0, 0.05) is 29.0 Å². The second kappa shape index (κ2) is 5.52. The maximum atomic E-state index is 4.38. The van der Waals surface area contributed by atoms with E-state index in [1.807, 2.05) is 11.7 Å². The fourth-order valence-corrected chi connectivity index (χ4v) is 2.84. The Kier molecular flexibility index (Phi) is 4.04. The molecule has 5 heteroatoms. The molecule has 0 aliphatic carbocycles.